The molecule has 1 saturated heterocycles. The summed E-state index contributed by atoms with van der Waals surface area (Å²) in [5, 5.41) is 2.57. The number of nitrogens with one attached hydrogen (secondary N) is 2. The number of rotatable bonds is 11. The average molecular weight is 466 g/mol. The van der Waals surface area contributed by atoms with E-state index in [9.17, 15) is 9.59 Å². The van der Waals surface area contributed by atoms with Crippen molar-refractivity contribution in [2.24, 2.45) is 0 Å². The zero-order valence-corrected chi connectivity index (χ0v) is 19.7. The number of imidazole rings is 1. The second-order valence-electron chi connectivity index (χ2n) is 7.97. The Morgan fingerprint density at radius 3 is 2.88 bits per heavy atom. The number of alkyl carbamates (subject to hydrolysis) is 1. The zero-order valence-electron chi connectivity index (χ0n) is 19.7. The SMILES string of the molecule is Bc1ccc(-c2c[nH]c(C3CCCN3C(=O)[C@H](COCC=C)NC(=O)OC)n2)c(OCC=C)c1. The number of carbonyl (C=O) groups is 2. The topological polar surface area (TPSA) is 106 Å². The zero-order chi connectivity index (χ0) is 24.5. The molecule has 0 saturated carbocycles. The van der Waals surface area contributed by atoms with Crippen molar-refractivity contribution in [1.29, 1.82) is 0 Å². The van der Waals surface area contributed by atoms with Gasteiger partial charge in [-0.15, -0.1) is 6.58 Å². The van der Waals surface area contributed by atoms with Crippen molar-refractivity contribution in [2.45, 2.75) is 24.9 Å². The van der Waals surface area contributed by atoms with Crippen molar-refractivity contribution in [2.75, 3.05) is 33.5 Å². The summed E-state index contributed by atoms with van der Waals surface area (Å²) in [7, 11) is 3.25. The number of amides is 2. The van der Waals surface area contributed by atoms with E-state index >= 15 is 0 Å². The van der Waals surface area contributed by atoms with E-state index in [4.69, 9.17) is 14.5 Å². The molecule has 1 fully saturated rings. The third kappa shape index (κ3) is 6.08. The fourth-order valence-electron chi connectivity index (χ4n) is 3.91. The number of aromatic amines is 1. The first-order valence-corrected chi connectivity index (χ1v) is 11.2. The van der Waals surface area contributed by atoms with E-state index in [1.165, 1.54) is 7.11 Å². The van der Waals surface area contributed by atoms with E-state index in [0.717, 1.165) is 35.3 Å². The van der Waals surface area contributed by atoms with Gasteiger partial charge in [0.05, 0.1) is 32.1 Å². The van der Waals surface area contributed by atoms with Crippen LogP contribution in [0.2, 0.25) is 0 Å². The van der Waals surface area contributed by atoms with Gasteiger partial charge in [-0.05, 0) is 25.0 Å². The summed E-state index contributed by atoms with van der Waals surface area (Å²) in [6, 6.07) is 4.81. The molecule has 0 bridgehead atoms. The summed E-state index contributed by atoms with van der Waals surface area (Å²) in [6.45, 7) is 8.54. The summed E-state index contributed by atoms with van der Waals surface area (Å²) < 4.78 is 16.0. The minimum Gasteiger partial charge on any atom is -0.489 e. The molecule has 9 nitrogen and oxygen atoms in total. The normalized spacial score (nSPS) is 16.0. The van der Waals surface area contributed by atoms with Crippen molar-refractivity contribution >= 4 is 25.3 Å². The van der Waals surface area contributed by atoms with Crippen molar-refractivity contribution in [3.8, 4) is 17.0 Å². The summed E-state index contributed by atoms with van der Waals surface area (Å²) in [5.41, 5.74) is 2.66. The van der Waals surface area contributed by atoms with E-state index in [1.807, 2.05) is 32.2 Å². The third-order valence-electron chi connectivity index (χ3n) is 5.51. The molecule has 34 heavy (non-hydrogen) atoms. The maximum atomic E-state index is 13.3. The number of nitrogens with zero attached hydrogens (tertiary/aromatic N) is 2. The largest absolute Gasteiger partial charge is 0.489 e. The van der Waals surface area contributed by atoms with Crippen LogP contribution in [0.1, 0.15) is 24.7 Å². The number of likely N-dealkylation sites (tertiary alicyclic amines) is 1. The Hall–Kier alpha value is -3.53. The van der Waals surface area contributed by atoms with Crippen LogP contribution < -0.4 is 15.5 Å². The van der Waals surface area contributed by atoms with E-state index in [2.05, 4.69) is 28.2 Å². The lowest BCUT2D eigenvalue weighted by atomic mass is 9.94. The average Bonchev–Trinajstić information content (AvgIpc) is 3.51. The Morgan fingerprint density at radius 2 is 2.15 bits per heavy atom. The summed E-state index contributed by atoms with van der Waals surface area (Å²) in [6.07, 6.45) is 5.98. The molecule has 3 rings (SSSR count). The highest BCUT2D eigenvalue weighted by Crippen LogP contribution is 2.34. The van der Waals surface area contributed by atoms with Gasteiger partial charge in [-0.3, -0.25) is 4.79 Å². The van der Waals surface area contributed by atoms with Crippen molar-refractivity contribution in [3.63, 3.8) is 0 Å². The predicted molar refractivity (Wildman–Crippen MR) is 132 cm³/mol. The highest BCUT2D eigenvalue weighted by molar-refractivity contribution is 6.32. The molecular weight excluding hydrogens is 435 g/mol. The minimum atomic E-state index is -0.876. The molecule has 1 unspecified atom stereocenters. The second-order valence-corrected chi connectivity index (χ2v) is 7.97. The molecule has 0 spiro atoms. The number of benzene rings is 1. The van der Waals surface area contributed by atoms with Gasteiger partial charge in [-0.1, -0.05) is 30.3 Å². The van der Waals surface area contributed by atoms with Crippen molar-refractivity contribution < 1.29 is 23.8 Å². The summed E-state index contributed by atoms with van der Waals surface area (Å²) in [4.78, 5) is 34.9. The molecule has 0 radical (unpaired) electrons. The molecule has 1 aliphatic rings. The number of ether oxygens (including phenoxy) is 3. The fourth-order valence-corrected chi connectivity index (χ4v) is 3.91. The molecular formula is C24H31BN4O5. The molecule has 10 heteroatoms. The van der Waals surface area contributed by atoms with Gasteiger partial charge >= 0.3 is 6.09 Å². The molecule has 1 aliphatic heterocycles. The van der Waals surface area contributed by atoms with Crippen LogP contribution in [0.3, 0.4) is 0 Å². The highest BCUT2D eigenvalue weighted by atomic mass is 16.5. The number of hydrogen-bond donors (Lipinski definition) is 2. The lowest BCUT2D eigenvalue weighted by molar-refractivity contribution is -0.135. The Kier molecular flexibility index (Phi) is 8.92. The molecule has 2 atom stereocenters. The number of carbonyl (C=O) groups excluding carboxylic acids is 2. The third-order valence-corrected chi connectivity index (χ3v) is 5.51. The van der Waals surface area contributed by atoms with Crippen LogP contribution in [-0.2, 0) is 14.3 Å². The fraction of sp³-hybridized carbons (Fsp3) is 0.375. The Labute approximate surface area is 200 Å². The molecule has 1 aromatic carbocycles. The maximum absolute atomic E-state index is 13.3. The monoisotopic (exact) mass is 466 g/mol. The van der Waals surface area contributed by atoms with Crippen LogP contribution in [0.5, 0.6) is 5.75 Å². The highest BCUT2D eigenvalue weighted by Gasteiger charge is 2.36. The number of methoxy groups -OCH3 is 1. The van der Waals surface area contributed by atoms with Gasteiger partial charge < -0.3 is 29.4 Å². The van der Waals surface area contributed by atoms with Gasteiger partial charge in [-0.2, -0.15) is 0 Å². The van der Waals surface area contributed by atoms with Gasteiger partial charge in [0.2, 0.25) is 5.91 Å². The van der Waals surface area contributed by atoms with Crippen LogP contribution in [-0.4, -0.2) is 74.2 Å². The molecule has 2 heterocycles. The van der Waals surface area contributed by atoms with Gasteiger partial charge in [0.1, 0.15) is 32.1 Å². The van der Waals surface area contributed by atoms with E-state index < -0.39 is 12.1 Å². The Balaban J connectivity index is 1.81. The van der Waals surface area contributed by atoms with Crippen molar-refractivity contribution in [1.82, 2.24) is 20.2 Å². The summed E-state index contributed by atoms with van der Waals surface area (Å²) >= 11 is 0. The first-order chi connectivity index (χ1) is 16.5. The predicted octanol–water partition coefficient (Wildman–Crippen LogP) is 1.49. The molecule has 1 aromatic heterocycles. The Morgan fingerprint density at radius 1 is 1.35 bits per heavy atom. The molecule has 2 N–H and O–H groups in total. The lowest BCUT2D eigenvalue weighted by Gasteiger charge is -2.28. The molecule has 180 valence electrons. The smallest absolute Gasteiger partial charge is 0.407 e. The second kappa shape index (κ2) is 12.1. The van der Waals surface area contributed by atoms with Gasteiger partial charge in [0, 0.05) is 18.3 Å². The Bertz CT molecular complexity index is 1020. The van der Waals surface area contributed by atoms with Gasteiger partial charge in [0.15, 0.2) is 0 Å². The standard InChI is InChI=1S/C24H31BN4O5/c1-4-11-33-15-19(28-24(31)32-3)23(30)29-10-6-7-20(29)22-26-14-18(27-22)17-9-8-16(25)13-21(17)34-12-5-2/h4-5,8-9,13-14,19-20H,1-2,6-7,10-12,15,25H2,3H3,(H,26,27)(H,28,31)/t19-,20?/m0/s1. The lowest BCUT2D eigenvalue weighted by Crippen LogP contribution is -2.50. The van der Waals surface area contributed by atoms with Crippen LogP contribution in [0.15, 0.2) is 49.7 Å². The van der Waals surface area contributed by atoms with E-state index in [0.29, 0.717) is 19.0 Å². The quantitative estimate of drug-likeness (QED) is 0.295. The van der Waals surface area contributed by atoms with Crippen LogP contribution in [0.4, 0.5) is 4.79 Å². The molecule has 0 aliphatic carbocycles. The van der Waals surface area contributed by atoms with Gasteiger partial charge in [-0.25, -0.2) is 9.78 Å². The number of hydrogen-bond acceptors (Lipinski definition) is 6. The molecule has 2 aromatic rings. The van der Waals surface area contributed by atoms with Crippen LogP contribution in [0, 0.1) is 0 Å². The summed E-state index contributed by atoms with van der Waals surface area (Å²) in [5.74, 6) is 1.15. The van der Waals surface area contributed by atoms with Crippen LogP contribution >= 0.6 is 0 Å². The van der Waals surface area contributed by atoms with Crippen molar-refractivity contribution in [3.05, 3.63) is 55.5 Å². The first kappa shape index (κ1) is 25.1. The maximum Gasteiger partial charge on any atom is 0.407 e. The number of H-pyrrole nitrogens is 1. The number of aromatic nitrogens is 2. The molecule has 2 amide bonds. The van der Waals surface area contributed by atoms with Gasteiger partial charge in [0.25, 0.3) is 0 Å². The van der Waals surface area contributed by atoms with E-state index in [-0.39, 0.29) is 25.2 Å². The first-order valence-electron chi connectivity index (χ1n) is 11.2. The minimum absolute atomic E-state index is 0.0138. The van der Waals surface area contributed by atoms with E-state index in [1.54, 1.807) is 17.1 Å². The van der Waals surface area contributed by atoms with Crippen LogP contribution in [0.25, 0.3) is 11.3 Å².